The summed E-state index contributed by atoms with van der Waals surface area (Å²) in [6.45, 7) is 3.73. The number of aryl methyl sites for hydroxylation is 1. The first-order valence-corrected chi connectivity index (χ1v) is 9.64. The summed E-state index contributed by atoms with van der Waals surface area (Å²) in [5.74, 6) is 0.225. The quantitative estimate of drug-likeness (QED) is 0.567. The minimum atomic E-state index is -0.472. The summed E-state index contributed by atoms with van der Waals surface area (Å²) >= 11 is 6.01. The number of likely N-dealkylation sites (N-methyl/N-ethyl adjacent to an activating group) is 1. The third kappa shape index (κ3) is 4.44. The number of ether oxygens (including phenoxy) is 1. The topological polar surface area (TPSA) is 74.4 Å². The zero-order valence-electron chi connectivity index (χ0n) is 16.9. The predicted molar refractivity (Wildman–Crippen MR) is 116 cm³/mol. The standard InChI is InChI=1S/C22H24ClN3O3/c1-13-21(16-7-5-6-8-17(16)24-13)22(28)14(2)26(3)12-20(27)25-18-11-15(23)9-10-19(18)29-4/h5-11,14,24H,12H2,1-4H3,(H,25,27)/t14-/m1/s1. The van der Waals surface area contributed by atoms with E-state index in [1.807, 2.05) is 31.2 Å². The van der Waals surface area contributed by atoms with Crippen LogP contribution in [0.5, 0.6) is 5.75 Å². The molecular formula is C22H24ClN3O3. The van der Waals surface area contributed by atoms with Crippen LogP contribution in [0.2, 0.25) is 5.02 Å². The number of nitrogens with zero attached hydrogens (tertiary/aromatic N) is 1. The molecule has 2 N–H and O–H groups in total. The molecule has 0 saturated carbocycles. The van der Waals surface area contributed by atoms with Gasteiger partial charge in [0, 0.05) is 27.2 Å². The van der Waals surface area contributed by atoms with Crippen LogP contribution in [0.25, 0.3) is 10.9 Å². The number of carbonyl (C=O) groups is 2. The molecule has 0 aliphatic rings. The number of hydrogen-bond acceptors (Lipinski definition) is 4. The van der Waals surface area contributed by atoms with Gasteiger partial charge < -0.3 is 15.0 Å². The first kappa shape index (κ1) is 20.9. The van der Waals surface area contributed by atoms with Crippen LogP contribution in [0, 0.1) is 6.92 Å². The molecule has 0 aliphatic heterocycles. The molecule has 0 unspecified atom stereocenters. The van der Waals surface area contributed by atoms with E-state index in [4.69, 9.17) is 16.3 Å². The maximum absolute atomic E-state index is 13.1. The number of rotatable bonds is 7. The molecule has 1 atom stereocenters. The molecular weight excluding hydrogens is 390 g/mol. The van der Waals surface area contributed by atoms with Gasteiger partial charge in [0.25, 0.3) is 0 Å². The minimum Gasteiger partial charge on any atom is -0.495 e. The Morgan fingerprint density at radius 3 is 2.69 bits per heavy atom. The summed E-state index contributed by atoms with van der Waals surface area (Å²) < 4.78 is 5.25. The molecule has 152 valence electrons. The number of aromatic nitrogens is 1. The predicted octanol–water partition coefficient (Wildman–Crippen LogP) is 4.28. The van der Waals surface area contributed by atoms with E-state index < -0.39 is 6.04 Å². The number of amides is 1. The first-order valence-electron chi connectivity index (χ1n) is 9.27. The number of anilines is 1. The Kier molecular flexibility index (Phi) is 6.25. The number of Topliss-reactive ketones (excluding diaryl/α,β-unsaturated/α-hetero) is 1. The third-order valence-electron chi connectivity index (χ3n) is 5.01. The van der Waals surface area contributed by atoms with Gasteiger partial charge in [-0.3, -0.25) is 14.5 Å². The highest BCUT2D eigenvalue weighted by Gasteiger charge is 2.25. The average molecular weight is 414 g/mol. The molecule has 0 bridgehead atoms. The molecule has 0 aliphatic carbocycles. The van der Waals surface area contributed by atoms with Gasteiger partial charge in [0.1, 0.15) is 5.75 Å². The lowest BCUT2D eigenvalue weighted by atomic mass is 10.0. The monoisotopic (exact) mass is 413 g/mol. The number of H-pyrrole nitrogens is 1. The van der Waals surface area contributed by atoms with Gasteiger partial charge >= 0.3 is 0 Å². The number of methoxy groups -OCH3 is 1. The van der Waals surface area contributed by atoms with Gasteiger partial charge in [-0.1, -0.05) is 29.8 Å². The largest absolute Gasteiger partial charge is 0.495 e. The highest BCUT2D eigenvalue weighted by atomic mass is 35.5. The summed E-state index contributed by atoms with van der Waals surface area (Å²) in [4.78, 5) is 30.6. The van der Waals surface area contributed by atoms with Crippen LogP contribution in [0.4, 0.5) is 5.69 Å². The van der Waals surface area contributed by atoms with Crippen LogP contribution in [0.15, 0.2) is 42.5 Å². The van der Waals surface area contributed by atoms with Crippen molar-refractivity contribution in [1.82, 2.24) is 9.88 Å². The van der Waals surface area contributed by atoms with E-state index in [-0.39, 0.29) is 18.2 Å². The van der Waals surface area contributed by atoms with E-state index in [9.17, 15) is 9.59 Å². The van der Waals surface area contributed by atoms with Crippen molar-refractivity contribution in [2.24, 2.45) is 0 Å². The van der Waals surface area contributed by atoms with E-state index >= 15 is 0 Å². The van der Waals surface area contributed by atoms with E-state index in [1.165, 1.54) is 7.11 Å². The smallest absolute Gasteiger partial charge is 0.238 e. The molecule has 6 nitrogen and oxygen atoms in total. The number of hydrogen-bond donors (Lipinski definition) is 2. The fourth-order valence-corrected chi connectivity index (χ4v) is 3.51. The molecule has 29 heavy (non-hydrogen) atoms. The second-order valence-corrected chi connectivity index (χ2v) is 7.46. The van der Waals surface area contributed by atoms with Crippen LogP contribution in [-0.2, 0) is 4.79 Å². The molecule has 2 aromatic carbocycles. The number of para-hydroxylation sites is 1. The van der Waals surface area contributed by atoms with E-state index in [1.54, 1.807) is 37.1 Å². The summed E-state index contributed by atoms with van der Waals surface area (Å²) in [6, 6.07) is 12.2. The van der Waals surface area contributed by atoms with Gasteiger partial charge in [0.05, 0.1) is 25.4 Å². The molecule has 0 spiro atoms. The molecule has 3 rings (SSSR count). The van der Waals surface area contributed by atoms with Gasteiger partial charge in [0.15, 0.2) is 5.78 Å². The number of ketones is 1. The van der Waals surface area contributed by atoms with Crippen LogP contribution in [0.1, 0.15) is 23.0 Å². The van der Waals surface area contributed by atoms with Crippen LogP contribution in [0.3, 0.4) is 0 Å². The van der Waals surface area contributed by atoms with Crippen molar-refractivity contribution in [2.45, 2.75) is 19.9 Å². The third-order valence-corrected chi connectivity index (χ3v) is 5.24. The Labute approximate surface area is 174 Å². The van der Waals surface area contributed by atoms with Crippen LogP contribution < -0.4 is 10.1 Å². The number of aromatic amines is 1. The van der Waals surface area contributed by atoms with E-state index in [2.05, 4.69) is 10.3 Å². The highest BCUT2D eigenvalue weighted by Crippen LogP contribution is 2.28. The van der Waals surface area contributed by atoms with Gasteiger partial charge in [-0.15, -0.1) is 0 Å². The Balaban J connectivity index is 1.72. The van der Waals surface area contributed by atoms with Crippen molar-refractivity contribution in [1.29, 1.82) is 0 Å². The Bertz CT molecular complexity index is 1060. The lowest BCUT2D eigenvalue weighted by Crippen LogP contribution is -2.41. The average Bonchev–Trinajstić information content (AvgIpc) is 3.02. The van der Waals surface area contributed by atoms with E-state index in [0.717, 1.165) is 16.6 Å². The Morgan fingerprint density at radius 1 is 1.24 bits per heavy atom. The Morgan fingerprint density at radius 2 is 1.97 bits per heavy atom. The second kappa shape index (κ2) is 8.68. The number of fused-ring (bicyclic) bond motifs is 1. The van der Waals surface area contributed by atoms with Crippen molar-refractivity contribution >= 4 is 39.9 Å². The second-order valence-electron chi connectivity index (χ2n) is 7.02. The maximum atomic E-state index is 13.1. The number of halogens is 1. The fourth-order valence-electron chi connectivity index (χ4n) is 3.33. The zero-order chi connectivity index (χ0) is 21.1. The van der Waals surface area contributed by atoms with Gasteiger partial charge in [-0.2, -0.15) is 0 Å². The van der Waals surface area contributed by atoms with Crippen molar-refractivity contribution in [3.63, 3.8) is 0 Å². The molecule has 1 amide bonds. The molecule has 0 fully saturated rings. The van der Waals surface area contributed by atoms with Crippen molar-refractivity contribution in [2.75, 3.05) is 26.0 Å². The van der Waals surface area contributed by atoms with Crippen molar-refractivity contribution in [3.05, 3.63) is 58.7 Å². The normalized spacial score (nSPS) is 12.2. The van der Waals surface area contributed by atoms with Crippen LogP contribution in [-0.4, -0.2) is 48.3 Å². The molecule has 1 aromatic heterocycles. The van der Waals surface area contributed by atoms with Crippen molar-refractivity contribution in [3.8, 4) is 5.75 Å². The lowest BCUT2D eigenvalue weighted by molar-refractivity contribution is -0.117. The van der Waals surface area contributed by atoms with Crippen LogP contribution >= 0.6 is 11.6 Å². The maximum Gasteiger partial charge on any atom is 0.238 e. The lowest BCUT2D eigenvalue weighted by Gasteiger charge is -2.23. The van der Waals surface area contributed by atoms with E-state index in [0.29, 0.717) is 22.0 Å². The zero-order valence-corrected chi connectivity index (χ0v) is 17.6. The van der Waals surface area contributed by atoms with Crippen molar-refractivity contribution < 1.29 is 14.3 Å². The molecule has 1 heterocycles. The minimum absolute atomic E-state index is 0.0319. The molecule has 3 aromatic rings. The summed E-state index contributed by atoms with van der Waals surface area (Å²) in [5.41, 5.74) is 2.90. The van der Waals surface area contributed by atoms with Gasteiger partial charge in [-0.05, 0) is 45.2 Å². The fraction of sp³-hybridized carbons (Fsp3) is 0.273. The summed E-state index contributed by atoms with van der Waals surface area (Å²) in [5, 5.41) is 4.18. The SMILES string of the molecule is COc1ccc(Cl)cc1NC(=O)CN(C)[C@H](C)C(=O)c1c(C)[nH]c2ccccc12. The van der Waals surface area contributed by atoms with Gasteiger partial charge in [-0.25, -0.2) is 0 Å². The Hall–Kier alpha value is -2.83. The number of carbonyl (C=O) groups excluding carboxylic acids is 2. The number of nitrogens with one attached hydrogen (secondary N) is 2. The summed E-state index contributed by atoms with van der Waals surface area (Å²) in [7, 11) is 3.27. The van der Waals surface area contributed by atoms with Gasteiger partial charge in [0.2, 0.25) is 5.91 Å². The first-order chi connectivity index (χ1) is 13.8. The molecule has 0 radical (unpaired) electrons. The highest BCUT2D eigenvalue weighted by molar-refractivity contribution is 6.31. The summed E-state index contributed by atoms with van der Waals surface area (Å²) in [6.07, 6.45) is 0. The molecule has 0 saturated heterocycles. The number of benzene rings is 2. The molecule has 7 heteroatoms.